The van der Waals surface area contributed by atoms with E-state index in [0.29, 0.717) is 5.41 Å². The van der Waals surface area contributed by atoms with Gasteiger partial charge in [0.05, 0.1) is 5.54 Å². The van der Waals surface area contributed by atoms with Crippen molar-refractivity contribution in [2.45, 2.75) is 58.4 Å². The zero-order valence-electron chi connectivity index (χ0n) is 11.5. The van der Waals surface area contributed by atoms with Crippen LogP contribution in [0.15, 0.2) is 0 Å². The topological polar surface area (TPSA) is 32.3 Å². The van der Waals surface area contributed by atoms with Gasteiger partial charge in [0, 0.05) is 25.0 Å². The molecule has 1 aliphatic heterocycles. The number of rotatable bonds is 4. The first-order valence-electron chi connectivity index (χ1n) is 7.04. The molecule has 1 spiro atoms. The Labute approximate surface area is 105 Å². The first kappa shape index (κ1) is 12.9. The molecule has 0 unspecified atom stereocenters. The molecule has 98 valence electrons. The largest absolute Gasteiger partial charge is 0.341 e. The first-order chi connectivity index (χ1) is 7.99. The lowest BCUT2D eigenvalue weighted by Crippen LogP contribution is -2.51. The molecule has 2 rings (SSSR count). The SMILES string of the molecule is CCCCCN1CC2(CC2)CNC(C)(C)C1=O. The summed E-state index contributed by atoms with van der Waals surface area (Å²) in [5.41, 5.74) is 0.0357. The average Bonchev–Trinajstić information content (AvgIpc) is 3.05. The fourth-order valence-electron chi connectivity index (χ4n) is 2.66. The van der Waals surface area contributed by atoms with Crippen molar-refractivity contribution in [2.75, 3.05) is 19.6 Å². The normalized spacial score (nSPS) is 26.1. The summed E-state index contributed by atoms with van der Waals surface area (Å²) in [7, 11) is 0. The van der Waals surface area contributed by atoms with E-state index in [9.17, 15) is 4.79 Å². The minimum atomic E-state index is -0.377. The Kier molecular flexibility index (Phi) is 3.48. The Bertz CT molecular complexity index is 295. The Hall–Kier alpha value is -0.570. The van der Waals surface area contributed by atoms with Crippen molar-refractivity contribution in [1.29, 1.82) is 0 Å². The Balaban J connectivity index is 2.02. The van der Waals surface area contributed by atoms with Gasteiger partial charge in [0.25, 0.3) is 0 Å². The molecule has 1 saturated carbocycles. The molecule has 0 atom stereocenters. The molecule has 3 heteroatoms. The molecular formula is C14H26N2O. The van der Waals surface area contributed by atoms with Gasteiger partial charge >= 0.3 is 0 Å². The van der Waals surface area contributed by atoms with Gasteiger partial charge in [0.15, 0.2) is 0 Å². The number of nitrogens with zero attached hydrogens (tertiary/aromatic N) is 1. The summed E-state index contributed by atoms with van der Waals surface area (Å²) < 4.78 is 0. The molecule has 1 N–H and O–H groups in total. The number of unbranched alkanes of at least 4 members (excludes halogenated alkanes) is 2. The van der Waals surface area contributed by atoms with Gasteiger partial charge in [0.2, 0.25) is 5.91 Å². The Morgan fingerprint density at radius 2 is 2.00 bits per heavy atom. The monoisotopic (exact) mass is 238 g/mol. The van der Waals surface area contributed by atoms with Crippen LogP contribution < -0.4 is 5.32 Å². The van der Waals surface area contributed by atoms with Crippen molar-refractivity contribution in [3.63, 3.8) is 0 Å². The third-order valence-electron chi connectivity index (χ3n) is 4.24. The lowest BCUT2D eigenvalue weighted by atomic mass is 10.0. The van der Waals surface area contributed by atoms with Crippen LogP contribution in [0.2, 0.25) is 0 Å². The number of hydrogen-bond donors (Lipinski definition) is 1. The number of carbonyl (C=O) groups is 1. The maximum atomic E-state index is 12.4. The zero-order chi connectivity index (χ0) is 12.5. The molecule has 0 aromatic carbocycles. The zero-order valence-corrected chi connectivity index (χ0v) is 11.5. The van der Waals surface area contributed by atoms with Crippen molar-refractivity contribution in [2.24, 2.45) is 5.41 Å². The van der Waals surface area contributed by atoms with Crippen LogP contribution in [0, 0.1) is 5.41 Å². The summed E-state index contributed by atoms with van der Waals surface area (Å²) in [6.45, 7) is 9.17. The van der Waals surface area contributed by atoms with E-state index in [2.05, 4.69) is 17.1 Å². The van der Waals surface area contributed by atoms with Gasteiger partial charge in [-0.1, -0.05) is 19.8 Å². The van der Waals surface area contributed by atoms with E-state index in [-0.39, 0.29) is 11.4 Å². The first-order valence-corrected chi connectivity index (χ1v) is 7.04. The van der Waals surface area contributed by atoms with Crippen LogP contribution >= 0.6 is 0 Å². The minimum absolute atomic E-state index is 0.289. The van der Waals surface area contributed by atoms with Crippen LogP contribution in [0.5, 0.6) is 0 Å². The smallest absolute Gasteiger partial charge is 0.242 e. The summed E-state index contributed by atoms with van der Waals surface area (Å²) >= 11 is 0. The number of nitrogens with one attached hydrogen (secondary N) is 1. The molecule has 2 aliphatic rings. The molecule has 1 aliphatic carbocycles. The fraction of sp³-hybridized carbons (Fsp3) is 0.929. The van der Waals surface area contributed by atoms with Crippen LogP contribution in [0.1, 0.15) is 52.9 Å². The molecule has 17 heavy (non-hydrogen) atoms. The van der Waals surface area contributed by atoms with Gasteiger partial charge in [-0.15, -0.1) is 0 Å². The summed E-state index contributed by atoms with van der Waals surface area (Å²) in [5, 5.41) is 3.45. The van der Waals surface area contributed by atoms with E-state index < -0.39 is 0 Å². The summed E-state index contributed by atoms with van der Waals surface area (Å²) in [5.74, 6) is 0.289. The van der Waals surface area contributed by atoms with Crippen molar-refractivity contribution in [3.05, 3.63) is 0 Å². The fourth-order valence-corrected chi connectivity index (χ4v) is 2.66. The van der Waals surface area contributed by atoms with Gasteiger partial charge in [-0.2, -0.15) is 0 Å². The van der Waals surface area contributed by atoms with E-state index in [1.807, 2.05) is 13.8 Å². The lowest BCUT2D eigenvalue weighted by molar-refractivity contribution is -0.136. The van der Waals surface area contributed by atoms with Gasteiger partial charge in [-0.05, 0) is 33.1 Å². The highest BCUT2D eigenvalue weighted by Gasteiger charge is 2.49. The molecule has 1 saturated heterocycles. The van der Waals surface area contributed by atoms with Crippen LogP contribution in [-0.2, 0) is 4.79 Å². The predicted octanol–water partition coefficient (Wildman–Crippen LogP) is 2.17. The van der Waals surface area contributed by atoms with E-state index in [1.165, 1.54) is 25.7 Å². The predicted molar refractivity (Wildman–Crippen MR) is 69.9 cm³/mol. The van der Waals surface area contributed by atoms with Crippen LogP contribution in [0.4, 0.5) is 0 Å². The van der Waals surface area contributed by atoms with Crippen molar-refractivity contribution in [1.82, 2.24) is 10.2 Å². The maximum Gasteiger partial charge on any atom is 0.242 e. The Morgan fingerprint density at radius 1 is 1.29 bits per heavy atom. The van der Waals surface area contributed by atoms with Gasteiger partial charge in [-0.3, -0.25) is 4.79 Å². The summed E-state index contributed by atoms with van der Waals surface area (Å²) in [4.78, 5) is 14.6. The van der Waals surface area contributed by atoms with Gasteiger partial charge in [-0.25, -0.2) is 0 Å². The third-order valence-corrected chi connectivity index (χ3v) is 4.24. The highest BCUT2D eigenvalue weighted by molar-refractivity contribution is 5.86. The van der Waals surface area contributed by atoms with Gasteiger partial charge in [0.1, 0.15) is 0 Å². The standard InChI is InChI=1S/C14H26N2O/c1-4-5-6-9-16-11-14(7-8-14)10-15-13(2,3)12(16)17/h15H,4-11H2,1-3H3. The molecular weight excluding hydrogens is 212 g/mol. The van der Waals surface area contributed by atoms with E-state index in [1.54, 1.807) is 0 Å². The number of carbonyl (C=O) groups excluding carboxylic acids is 1. The molecule has 0 aromatic heterocycles. The lowest BCUT2D eigenvalue weighted by Gasteiger charge is -2.29. The van der Waals surface area contributed by atoms with Crippen LogP contribution in [0.25, 0.3) is 0 Å². The second kappa shape index (κ2) is 4.60. The Morgan fingerprint density at radius 3 is 2.59 bits per heavy atom. The van der Waals surface area contributed by atoms with E-state index in [4.69, 9.17) is 0 Å². The van der Waals surface area contributed by atoms with Crippen LogP contribution in [0.3, 0.4) is 0 Å². The second-order valence-corrected chi connectivity index (χ2v) is 6.41. The molecule has 0 radical (unpaired) electrons. The second-order valence-electron chi connectivity index (χ2n) is 6.41. The quantitative estimate of drug-likeness (QED) is 0.761. The molecule has 0 bridgehead atoms. The van der Waals surface area contributed by atoms with Crippen molar-refractivity contribution in [3.8, 4) is 0 Å². The molecule has 3 nitrogen and oxygen atoms in total. The number of hydrogen-bond acceptors (Lipinski definition) is 2. The van der Waals surface area contributed by atoms with Crippen molar-refractivity contribution < 1.29 is 4.79 Å². The van der Waals surface area contributed by atoms with Crippen LogP contribution in [-0.4, -0.2) is 36.0 Å². The highest BCUT2D eigenvalue weighted by Crippen LogP contribution is 2.47. The average molecular weight is 238 g/mol. The number of amides is 1. The van der Waals surface area contributed by atoms with E-state index >= 15 is 0 Å². The molecule has 0 aromatic rings. The van der Waals surface area contributed by atoms with Gasteiger partial charge < -0.3 is 10.2 Å². The minimum Gasteiger partial charge on any atom is -0.341 e. The van der Waals surface area contributed by atoms with Crippen molar-refractivity contribution >= 4 is 5.91 Å². The molecule has 1 heterocycles. The highest BCUT2D eigenvalue weighted by atomic mass is 16.2. The molecule has 1 amide bonds. The van der Waals surface area contributed by atoms with E-state index in [0.717, 1.165) is 26.1 Å². The summed E-state index contributed by atoms with van der Waals surface area (Å²) in [6.07, 6.45) is 6.16. The maximum absolute atomic E-state index is 12.4. The summed E-state index contributed by atoms with van der Waals surface area (Å²) in [6, 6.07) is 0. The third kappa shape index (κ3) is 2.82. The molecule has 2 fully saturated rings.